The van der Waals surface area contributed by atoms with Crippen LogP contribution in [0.3, 0.4) is 0 Å². The van der Waals surface area contributed by atoms with Crippen LogP contribution in [0.2, 0.25) is 10.0 Å². The van der Waals surface area contributed by atoms with E-state index < -0.39 is 0 Å². The maximum Gasteiger partial charge on any atom is 0.152 e. The number of aromatic hydroxyl groups is 1. The first-order valence-corrected chi connectivity index (χ1v) is 6.58. The third-order valence-electron chi connectivity index (χ3n) is 2.92. The highest BCUT2D eigenvalue weighted by Crippen LogP contribution is 2.35. The van der Waals surface area contributed by atoms with E-state index in [9.17, 15) is 5.11 Å². The van der Waals surface area contributed by atoms with E-state index in [0.29, 0.717) is 0 Å². The third-order valence-corrected chi connectivity index (χ3v) is 3.49. The molecule has 1 atom stereocenters. The Morgan fingerprint density at radius 1 is 1.32 bits per heavy atom. The van der Waals surface area contributed by atoms with Crippen molar-refractivity contribution in [2.75, 3.05) is 5.32 Å². The summed E-state index contributed by atoms with van der Waals surface area (Å²) in [5.41, 5.74) is 2.82. The average molecular weight is 300 g/mol. The molecule has 4 nitrogen and oxygen atoms in total. The molecule has 2 N–H and O–H groups in total. The Labute approximate surface area is 122 Å². The Hall–Kier alpha value is -1.39. The van der Waals surface area contributed by atoms with Crippen LogP contribution in [0.25, 0.3) is 0 Å². The molecule has 1 aromatic carbocycles. The van der Waals surface area contributed by atoms with Gasteiger partial charge in [-0.15, -0.1) is 0 Å². The van der Waals surface area contributed by atoms with Gasteiger partial charge in [-0.3, -0.25) is 4.68 Å². The minimum Gasteiger partial charge on any atom is -0.505 e. The van der Waals surface area contributed by atoms with E-state index in [1.165, 1.54) is 0 Å². The number of halogens is 2. The van der Waals surface area contributed by atoms with E-state index in [-0.39, 0.29) is 21.8 Å². The number of aromatic nitrogens is 2. The van der Waals surface area contributed by atoms with E-state index in [2.05, 4.69) is 10.4 Å². The van der Waals surface area contributed by atoms with Gasteiger partial charge in [0.15, 0.2) is 5.75 Å². The Bertz CT molecular complexity index is 587. The molecule has 0 amide bonds. The lowest BCUT2D eigenvalue weighted by molar-refractivity contribution is 0.476. The van der Waals surface area contributed by atoms with E-state index in [0.717, 1.165) is 16.9 Å². The lowest BCUT2D eigenvalue weighted by atomic mass is 10.1. The van der Waals surface area contributed by atoms with Crippen LogP contribution < -0.4 is 5.32 Å². The summed E-state index contributed by atoms with van der Waals surface area (Å²) in [5.74, 6) is -0.0981. The van der Waals surface area contributed by atoms with Crippen LogP contribution in [-0.4, -0.2) is 14.9 Å². The first-order valence-electron chi connectivity index (χ1n) is 5.83. The number of aryl methyl sites for hydroxylation is 2. The van der Waals surface area contributed by atoms with Crippen molar-refractivity contribution in [3.63, 3.8) is 0 Å². The molecule has 0 spiro atoms. The second-order valence-electron chi connectivity index (χ2n) is 4.50. The first-order chi connectivity index (χ1) is 8.88. The van der Waals surface area contributed by atoms with Gasteiger partial charge >= 0.3 is 0 Å². The normalized spacial score (nSPS) is 12.5. The van der Waals surface area contributed by atoms with Crippen LogP contribution in [0.5, 0.6) is 5.75 Å². The highest BCUT2D eigenvalue weighted by atomic mass is 35.5. The summed E-state index contributed by atoms with van der Waals surface area (Å²) in [6.07, 6.45) is 1.97. The lowest BCUT2D eigenvalue weighted by Crippen LogP contribution is -2.07. The predicted molar refractivity (Wildman–Crippen MR) is 78.1 cm³/mol. The number of rotatable bonds is 3. The minimum absolute atomic E-state index is 0.0605. The summed E-state index contributed by atoms with van der Waals surface area (Å²) < 4.78 is 1.78. The van der Waals surface area contributed by atoms with Crippen LogP contribution in [-0.2, 0) is 7.05 Å². The molecule has 1 unspecified atom stereocenters. The Morgan fingerprint density at radius 2 is 1.89 bits per heavy atom. The molecule has 102 valence electrons. The quantitative estimate of drug-likeness (QED) is 0.845. The van der Waals surface area contributed by atoms with Gasteiger partial charge in [-0.25, -0.2) is 0 Å². The highest BCUT2D eigenvalue weighted by molar-refractivity contribution is 6.37. The summed E-state index contributed by atoms with van der Waals surface area (Å²) >= 11 is 11.8. The zero-order valence-electron chi connectivity index (χ0n) is 10.9. The molecule has 0 aliphatic carbocycles. The Balaban J connectivity index is 2.24. The molecule has 0 saturated carbocycles. The maximum atomic E-state index is 9.52. The number of benzene rings is 1. The fraction of sp³-hybridized carbons (Fsp3) is 0.308. The van der Waals surface area contributed by atoms with Crippen molar-refractivity contribution >= 4 is 28.9 Å². The number of nitrogens with zero attached hydrogens (tertiary/aromatic N) is 2. The van der Waals surface area contributed by atoms with Gasteiger partial charge in [0, 0.05) is 24.5 Å². The molecule has 2 rings (SSSR count). The monoisotopic (exact) mass is 299 g/mol. The van der Waals surface area contributed by atoms with Crippen molar-refractivity contribution in [2.24, 2.45) is 7.05 Å². The van der Waals surface area contributed by atoms with E-state index in [4.69, 9.17) is 23.2 Å². The lowest BCUT2D eigenvalue weighted by Gasteiger charge is -2.15. The van der Waals surface area contributed by atoms with Crippen LogP contribution in [0.1, 0.15) is 24.2 Å². The molecule has 1 aromatic heterocycles. The van der Waals surface area contributed by atoms with Crippen LogP contribution in [0.15, 0.2) is 18.3 Å². The van der Waals surface area contributed by atoms with Gasteiger partial charge in [0.05, 0.1) is 21.8 Å². The highest BCUT2D eigenvalue weighted by Gasteiger charge is 2.13. The fourth-order valence-corrected chi connectivity index (χ4v) is 2.51. The van der Waals surface area contributed by atoms with Crippen molar-refractivity contribution in [2.45, 2.75) is 19.9 Å². The van der Waals surface area contributed by atoms with Gasteiger partial charge in [-0.05, 0) is 26.0 Å². The number of hydrogen-bond acceptors (Lipinski definition) is 3. The summed E-state index contributed by atoms with van der Waals surface area (Å²) in [5, 5.41) is 17.6. The number of phenols is 1. The fourth-order valence-electron chi connectivity index (χ4n) is 2.02. The minimum atomic E-state index is -0.0981. The largest absolute Gasteiger partial charge is 0.505 e. The molecular formula is C13H15Cl2N3O. The van der Waals surface area contributed by atoms with E-state index in [1.54, 1.807) is 16.8 Å². The molecule has 0 saturated heterocycles. The molecule has 19 heavy (non-hydrogen) atoms. The molecule has 0 bridgehead atoms. The number of hydrogen-bond donors (Lipinski definition) is 2. The van der Waals surface area contributed by atoms with Gasteiger partial charge in [0.1, 0.15) is 0 Å². The van der Waals surface area contributed by atoms with Gasteiger partial charge in [-0.1, -0.05) is 23.2 Å². The second-order valence-corrected chi connectivity index (χ2v) is 5.31. The zero-order valence-corrected chi connectivity index (χ0v) is 12.4. The molecule has 0 radical (unpaired) electrons. The van der Waals surface area contributed by atoms with Crippen molar-refractivity contribution in [1.29, 1.82) is 0 Å². The van der Waals surface area contributed by atoms with Gasteiger partial charge in [0.25, 0.3) is 0 Å². The van der Waals surface area contributed by atoms with Crippen molar-refractivity contribution < 1.29 is 5.11 Å². The Morgan fingerprint density at radius 3 is 2.37 bits per heavy atom. The van der Waals surface area contributed by atoms with Crippen LogP contribution >= 0.6 is 23.2 Å². The topological polar surface area (TPSA) is 50.1 Å². The molecule has 0 aliphatic rings. The molecular weight excluding hydrogens is 285 g/mol. The SMILES string of the molecule is Cc1nn(C)cc1C(C)Nc1cc(Cl)c(O)c(Cl)c1. The summed E-state index contributed by atoms with van der Waals surface area (Å²) in [4.78, 5) is 0. The second kappa shape index (κ2) is 5.31. The molecule has 0 fully saturated rings. The van der Waals surface area contributed by atoms with Gasteiger partial charge < -0.3 is 10.4 Å². The van der Waals surface area contributed by atoms with E-state index >= 15 is 0 Å². The van der Waals surface area contributed by atoms with E-state index in [1.807, 2.05) is 27.1 Å². The van der Waals surface area contributed by atoms with Gasteiger partial charge in [0.2, 0.25) is 0 Å². The molecule has 6 heteroatoms. The number of nitrogens with one attached hydrogen (secondary N) is 1. The van der Waals surface area contributed by atoms with Gasteiger partial charge in [-0.2, -0.15) is 5.10 Å². The zero-order chi connectivity index (χ0) is 14.2. The summed E-state index contributed by atoms with van der Waals surface area (Å²) in [6, 6.07) is 3.35. The van der Waals surface area contributed by atoms with Crippen molar-refractivity contribution in [1.82, 2.24) is 9.78 Å². The standard InChI is InChI=1S/C13H15Cl2N3O/c1-7(10-6-18(3)17-8(10)2)16-9-4-11(14)13(19)12(15)5-9/h4-7,16,19H,1-3H3. The number of phenolic OH excluding ortho intramolecular Hbond substituents is 1. The van der Waals surface area contributed by atoms with Crippen LogP contribution in [0.4, 0.5) is 5.69 Å². The van der Waals surface area contributed by atoms with Crippen molar-refractivity contribution in [3.8, 4) is 5.75 Å². The molecule has 1 heterocycles. The molecule has 2 aromatic rings. The van der Waals surface area contributed by atoms with Crippen molar-refractivity contribution in [3.05, 3.63) is 39.6 Å². The first kappa shape index (κ1) is 14.0. The summed E-state index contributed by atoms with van der Waals surface area (Å²) in [7, 11) is 1.89. The third kappa shape index (κ3) is 2.96. The average Bonchev–Trinajstić information content (AvgIpc) is 2.65. The smallest absolute Gasteiger partial charge is 0.152 e. The number of anilines is 1. The predicted octanol–water partition coefficient (Wildman–Crippen LogP) is 3.91. The van der Waals surface area contributed by atoms with Crippen LogP contribution in [0, 0.1) is 6.92 Å². The maximum absolute atomic E-state index is 9.52. The summed E-state index contributed by atoms with van der Waals surface area (Å²) in [6.45, 7) is 3.99. The Kier molecular flexibility index (Phi) is 3.92. The molecule has 0 aliphatic heterocycles.